The van der Waals surface area contributed by atoms with Gasteiger partial charge in [0.05, 0.1) is 13.2 Å². The van der Waals surface area contributed by atoms with Gasteiger partial charge in [0.1, 0.15) is 0 Å². The second-order valence-corrected chi connectivity index (χ2v) is 2.69. The molecular formula is C7H18IN3O. The highest BCUT2D eigenvalue weighted by Crippen LogP contribution is 1.87. The summed E-state index contributed by atoms with van der Waals surface area (Å²) in [6.07, 6.45) is 0. The summed E-state index contributed by atoms with van der Waals surface area (Å²) in [7, 11) is 7.71. The van der Waals surface area contributed by atoms with E-state index < -0.39 is 0 Å². The van der Waals surface area contributed by atoms with Crippen molar-refractivity contribution in [2.75, 3.05) is 41.3 Å². The number of nitrogens with zero attached hydrogens (tertiary/aromatic N) is 3. The van der Waals surface area contributed by atoms with Gasteiger partial charge in [0, 0.05) is 28.2 Å². The van der Waals surface area contributed by atoms with Crippen LogP contribution in [0.25, 0.3) is 0 Å². The SMILES string of the molecule is CN(C)C(=NCCO)N(C)C.I. The van der Waals surface area contributed by atoms with Crippen molar-refractivity contribution in [3.8, 4) is 0 Å². The van der Waals surface area contributed by atoms with Gasteiger partial charge in [0.25, 0.3) is 0 Å². The molecule has 74 valence electrons. The summed E-state index contributed by atoms with van der Waals surface area (Å²) in [4.78, 5) is 7.98. The van der Waals surface area contributed by atoms with Crippen molar-refractivity contribution in [2.24, 2.45) is 4.99 Å². The third kappa shape index (κ3) is 5.59. The van der Waals surface area contributed by atoms with Crippen LogP contribution in [-0.4, -0.2) is 62.2 Å². The van der Waals surface area contributed by atoms with E-state index in [0.29, 0.717) is 6.54 Å². The summed E-state index contributed by atoms with van der Waals surface area (Å²) in [6.45, 7) is 0.566. The summed E-state index contributed by atoms with van der Waals surface area (Å²) < 4.78 is 0. The first kappa shape index (κ1) is 14.5. The van der Waals surface area contributed by atoms with Crippen LogP contribution in [0.4, 0.5) is 0 Å². The van der Waals surface area contributed by atoms with Crippen LogP contribution in [0.15, 0.2) is 4.99 Å². The zero-order valence-electron chi connectivity index (χ0n) is 8.11. The van der Waals surface area contributed by atoms with E-state index in [1.165, 1.54) is 0 Å². The molecule has 0 atom stereocenters. The summed E-state index contributed by atoms with van der Waals surface area (Å²) in [6, 6.07) is 0. The van der Waals surface area contributed by atoms with Gasteiger partial charge in [-0.25, -0.2) is 0 Å². The smallest absolute Gasteiger partial charge is 0.195 e. The molecule has 0 aromatic rings. The summed E-state index contributed by atoms with van der Waals surface area (Å²) >= 11 is 0. The Morgan fingerprint density at radius 1 is 1.17 bits per heavy atom. The van der Waals surface area contributed by atoms with Crippen LogP contribution < -0.4 is 0 Å². The van der Waals surface area contributed by atoms with E-state index in [2.05, 4.69) is 4.99 Å². The van der Waals surface area contributed by atoms with Gasteiger partial charge in [0.15, 0.2) is 5.96 Å². The van der Waals surface area contributed by atoms with E-state index >= 15 is 0 Å². The molecule has 4 nitrogen and oxygen atoms in total. The van der Waals surface area contributed by atoms with Crippen molar-refractivity contribution in [1.82, 2.24) is 9.80 Å². The van der Waals surface area contributed by atoms with Crippen molar-refractivity contribution in [3.05, 3.63) is 0 Å². The van der Waals surface area contributed by atoms with Gasteiger partial charge in [-0.1, -0.05) is 0 Å². The van der Waals surface area contributed by atoms with Crippen molar-refractivity contribution in [1.29, 1.82) is 0 Å². The fraction of sp³-hybridized carbons (Fsp3) is 0.857. The minimum Gasteiger partial charge on any atom is -0.394 e. The Balaban J connectivity index is 0. The number of aliphatic imine (C=N–C) groups is 1. The lowest BCUT2D eigenvalue weighted by atomic mass is 10.6. The minimum absolute atomic E-state index is 0. The molecule has 0 saturated heterocycles. The largest absolute Gasteiger partial charge is 0.394 e. The van der Waals surface area contributed by atoms with E-state index in [1.807, 2.05) is 38.0 Å². The summed E-state index contributed by atoms with van der Waals surface area (Å²) in [5.41, 5.74) is 0. The van der Waals surface area contributed by atoms with Gasteiger partial charge in [0.2, 0.25) is 0 Å². The minimum atomic E-state index is 0. The molecule has 0 unspecified atom stereocenters. The predicted octanol–water partition coefficient (Wildman–Crippen LogP) is 0.0759. The molecule has 0 aromatic carbocycles. The fourth-order valence-corrected chi connectivity index (χ4v) is 0.833. The lowest BCUT2D eigenvalue weighted by molar-refractivity contribution is 0.305. The number of hydrogen-bond acceptors (Lipinski definition) is 2. The molecule has 0 saturated carbocycles. The van der Waals surface area contributed by atoms with E-state index in [0.717, 1.165) is 5.96 Å². The zero-order chi connectivity index (χ0) is 8.85. The van der Waals surface area contributed by atoms with Gasteiger partial charge >= 0.3 is 0 Å². The average molecular weight is 287 g/mol. The van der Waals surface area contributed by atoms with Crippen molar-refractivity contribution in [2.45, 2.75) is 0 Å². The number of hydrogen-bond donors (Lipinski definition) is 1. The van der Waals surface area contributed by atoms with Gasteiger partial charge in [-0.15, -0.1) is 24.0 Å². The summed E-state index contributed by atoms with van der Waals surface area (Å²) in [5.74, 6) is 0.874. The van der Waals surface area contributed by atoms with Crippen molar-refractivity contribution in [3.63, 3.8) is 0 Å². The van der Waals surface area contributed by atoms with Crippen LogP contribution >= 0.6 is 24.0 Å². The molecule has 5 heteroatoms. The molecule has 1 N–H and O–H groups in total. The second kappa shape index (κ2) is 7.60. The Hall–Kier alpha value is -0.0400. The standard InChI is InChI=1S/C7H17N3O.HI/c1-9(2)7(10(3)4)8-5-6-11;/h11H,5-6H2,1-4H3;1H. The monoisotopic (exact) mass is 287 g/mol. The van der Waals surface area contributed by atoms with Crippen LogP contribution in [0.2, 0.25) is 0 Å². The molecule has 12 heavy (non-hydrogen) atoms. The lowest BCUT2D eigenvalue weighted by Crippen LogP contribution is -2.35. The highest BCUT2D eigenvalue weighted by atomic mass is 127. The number of halogens is 1. The molecule has 0 aliphatic heterocycles. The van der Waals surface area contributed by atoms with Gasteiger partial charge < -0.3 is 14.9 Å². The third-order valence-corrected chi connectivity index (χ3v) is 1.15. The number of aliphatic hydroxyl groups is 1. The van der Waals surface area contributed by atoms with Crippen LogP contribution in [0.3, 0.4) is 0 Å². The average Bonchev–Trinajstić information content (AvgIpc) is 1.87. The summed E-state index contributed by atoms with van der Waals surface area (Å²) in [5, 5.41) is 8.53. The Bertz CT molecular complexity index is 127. The topological polar surface area (TPSA) is 39.1 Å². The number of rotatable bonds is 2. The first-order valence-corrected chi connectivity index (χ1v) is 3.59. The fourth-order valence-electron chi connectivity index (χ4n) is 0.833. The first-order valence-electron chi connectivity index (χ1n) is 3.59. The highest BCUT2D eigenvalue weighted by molar-refractivity contribution is 14.0. The molecule has 0 radical (unpaired) electrons. The quantitative estimate of drug-likeness (QED) is 0.444. The molecule has 0 bridgehead atoms. The Morgan fingerprint density at radius 3 is 1.83 bits per heavy atom. The lowest BCUT2D eigenvalue weighted by Gasteiger charge is -2.22. The van der Waals surface area contributed by atoms with E-state index in [1.54, 1.807) is 0 Å². The van der Waals surface area contributed by atoms with E-state index in [4.69, 9.17) is 5.11 Å². The molecule has 0 fully saturated rings. The van der Waals surface area contributed by atoms with Crippen molar-refractivity contribution >= 4 is 29.9 Å². The predicted molar refractivity (Wildman–Crippen MR) is 62.2 cm³/mol. The maximum atomic E-state index is 8.53. The maximum absolute atomic E-state index is 8.53. The van der Waals surface area contributed by atoms with Crippen LogP contribution in [0.5, 0.6) is 0 Å². The Morgan fingerprint density at radius 2 is 1.58 bits per heavy atom. The first-order chi connectivity index (χ1) is 5.09. The van der Waals surface area contributed by atoms with Crippen LogP contribution in [-0.2, 0) is 0 Å². The Kier molecular flexibility index (Phi) is 9.17. The van der Waals surface area contributed by atoms with Gasteiger partial charge in [-0.3, -0.25) is 4.99 Å². The normalized spacial score (nSPS) is 8.42. The van der Waals surface area contributed by atoms with E-state index in [-0.39, 0.29) is 30.6 Å². The Labute approximate surface area is 91.3 Å². The molecule has 0 aromatic heterocycles. The zero-order valence-corrected chi connectivity index (χ0v) is 10.4. The number of aliphatic hydroxyl groups excluding tert-OH is 1. The second-order valence-electron chi connectivity index (χ2n) is 2.69. The van der Waals surface area contributed by atoms with Crippen molar-refractivity contribution < 1.29 is 5.11 Å². The third-order valence-electron chi connectivity index (χ3n) is 1.15. The molecule has 0 amide bonds. The molecule has 0 heterocycles. The number of guanidine groups is 1. The van der Waals surface area contributed by atoms with Gasteiger partial charge in [-0.2, -0.15) is 0 Å². The molecule has 0 aliphatic carbocycles. The molecule has 0 aliphatic rings. The maximum Gasteiger partial charge on any atom is 0.195 e. The van der Waals surface area contributed by atoms with Crippen LogP contribution in [0.1, 0.15) is 0 Å². The molecular weight excluding hydrogens is 269 g/mol. The van der Waals surface area contributed by atoms with Crippen LogP contribution in [0, 0.1) is 0 Å². The molecule has 0 rings (SSSR count). The molecule has 0 spiro atoms. The highest BCUT2D eigenvalue weighted by Gasteiger charge is 2.01. The van der Waals surface area contributed by atoms with Gasteiger partial charge in [-0.05, 0) is 0 Å². The van der Waals surface area contributed by atoms with E-state index in [9.17, 15) is 0 Å².